The van der Waals surface area contributed by atoms with Crippen molar-refractivity contribution in [1.29, 1.82) is 0 Å². The van der Waals surface area contributed by atoms with Gasteiger partial charge >= 0.3 is 0 Å². The number of amides is 1. The number of fused-ring (bicyclic) bond motifs is 1. The quantitative estimate of drug-likeness (QED) is 0.919. The van der Waals surface area contributed by atoms with Crippen molar-refractivity contribution in [1.82, 2.24) is 5.32 Å². The van der Waals surface area contributed by atoms with Crippen LogP contribution in [0, 0.1) is 0 Å². The number of nitrogens with one attached hydrogen (secondary N) is 1. The molecule has 0 aromatic heterocycles. The molecule has 1 N–H and O–H groups in total. The van der Waals surface area contributed by atoms with Crippen LogP contribution >= 0.6 is 0 Å². The van der Waals surface area contributed by atoms with Crippen LogP contribution in [0.3, 0.4) is 0 Å². The number of rotatable bonds is 4. The minimum Gasteiger partial charge on any atom is -0.491 e. The average molecular weight is 291 g/mol. The SMILES string of the molecule is CC(C)O[C@@]1(C(=O)N[C@@H]2COc3ccccc32)CCOC1. The third-order valence-corrected chi connectivity index (χ3v) is 3.87. The molecular weight excluding hydrogens is 270 g/mol. The van der Waals surface area contributed by atoms with Crippen LogP contribution in [0.15, 0.2) is 24.3 Å². The number of ether oxygens (including phenoxy) is 3. The van der Waals surface area contributed by atoms with Crippen LogP contribution in [0.1, 0.15) is 31.9 Å². The second-order valence-corrected chi connectivity index (χ2v) is 5.84. The highest BCUT2D eigenvalue weighted by Gasteiger charge is 2.45. The monoisotopic (exact) mass is 291 g/mol. The van der Waals surface area contributed by atoms with Gasteiger partial charge in [0.2, 0.25) is 0 Å². The molecule has 0 aliphatic carbocycles. The summed E-state index contributed by atoms with van der Waals surface area (Å²) in [5.41, 5.74) is 0.149. The molecule has 2 atom stereocenters. The van der Waals surface area contributed by atoms with Gasteiger partial charge in [-0.3, -0.25) is 4.79 Å². The highest BCUT2D eigenvalue weighted by molar-refractivity contribution is 5.86. The van der Waals surface area contributed by atoms with Crippen molar-refractivity contribution in [2.24, 2.45) is 0 Å². The van der Waals surface area contributed by atoms with Crippen LogP contribution in [-0.4, -0.2) is 37.4 Å². The molecule has 0 spiro atoms. The molecule has 5 heteroatoms. The van der Waals surface area contributed by atoms with E-state index < -0.39 is 5.60 Å². The van der Waals surface area contributed by atoms with Gasteiger partial charge in [0.05, 0.1) is 25.4 Å². The summed E-state index contributed by atoms with van der Waals surface area (Å²) in [6.45, 7) is 5.19. The first-order valence-corrected chi connectivity index (χ1v) is 7.39. The molecule has 2 aliphatic heterocycles. The summed E-state index contributed by atoms with van der Waals surface area (Å²) in [5, 5.41) is 3.05. The van der Waals surface area contributed by atoms with E-state index >= 15 is 0 Å². The fraction of sp³-hybridized carbons (Fsp3) is 0.562. The lowest BCUT2D eigenvalue weighted by Gasteiger charge is -2.30. The van der Waals surface area contributed by atoms with E-state index in [0.29, 0.717) is 26.2 Å². The van der Waals surface area contributed by atoms with Gasteiger partial charge in [0.15, 0.2) is 5.60 Å². The van der Waals surface area contributed by atoms with Gasteiger partial charge in [0, 0.05) is 12.0 Å². The molecule has 2 heterocycles. The maximum absolute atomic E-state index is 12.7. The van der Waals surface area contributed by atoms with Crippen LogP contribution in [0.25, 0.3) is 0 Å². The van der Waals surface area contributed by atoms with E-state index in [2.05, 4.69) is 5.32 Å². The lowest BCUT2D eigenvalue weighted by atomic mass is 10.00. The van der Waals surface area contributed by atoms with Gasteiger partial charge in [-0.05, 0) is 19.9 Å². The second-order valence-electron chi connectivity index (χ2n) is 5.84. The Kier molecular flexibility index (Phi) is 3.87. The third kappa shape index (κ3) is 2.76. The zero-order valence-corrected chi connectivity index (χ0v) is 12.4. The molecule has 1 aromatic carbocycles. The predicted molar refractivity (Wildman–Crippen MR) is 77.2 cm³/mol. The molecule has 1 amide bonds. The summed E-state index contributed by atoms with van der Waals surface area (Å²) < 4.78 is 16.9. The lowest BCUT2D eigenvalue weighted by molar-refractivity contribution is -0.154. The molecule has 1 fully saturated rings. The van der Waals surface area contributed by atoms with E-state index in [-0.39, 0.29) is 18.1 Å². The number of carbonyl (C=O) groups is 1. The molecule has 2 aliphatic rings. The molecule has 0 unspecified atom stereocenters. The summed E-state index contributed by atoms with van der Waals surface area (Å²) in [4.78, 5) is 12.7. The molecule has 21 heavy (non-hydrogen) atoms. The summed E-state index contributed by atoms with van der Waals surface area (Å²) in [5.74, 6) is 0.725. The van der Waals surface area contributed by atoms with Crippen LogP contribution in [0.5, 0.6) is 5.75 Å². The molecule has 0 bridgehead atoms. The zero-order valence-electron chi connectivity index (χ0n) is 12.4. The maximum Gasteiger partial charge on any atom is 0.255 e. The number of benzene rings is 1. The molecule has 0 radical (unpaired) electrons. The van der Waals surface area contributed by atoms with Gasteiger partial charge in [0.25, 0.3) is 5.91 Å². The highest BCUT2D eigenvalue weighted by atomic mass is 16.6. The normalized spacial score (nSPS) is 27.5. The number of hydrogen-bond acceptors (Lipinski definition) is 4. The Morgan fingerprint density at radius 3 is 2.95 bits per heavy atom. The van der Waals surface area contributed by atoms with Gasteiger partial charge < -0.3 is 19.5 Å². The van der Waals surface area contributed by atoms with Crippen molar-refractivity contribution >= 4 is 5.91 Å². The third-order valence-electron chi connectivity index (χ3n) is 3.87. The Balaban J connectivity index is 1.74. The Hall–Kier alpha value is -1.59. The average Bonchev–Trinajstić information content (AvgIpc) is 3.07. The van der Waals surface area contributed by atoms with Gasteiger partial charge in [0.1, 0.15) is 12.4 Å². The smallest absolute Gasteiger partial charge is 0.255 e. The molecule has 0 saturated carbocycles. The first-order valence-electron chi connectivity index (χ1n) is 7.39. The first kappa shape index (κ1) is 14.4. The fourth-order valence-corrected chi connectivity index (χ4v) is 2.89. The molecule has 1 saturated heterocycles. The van der Waals surface area contributed by atoms with Crippen molar-refractivity contribution in [3.8, 4) is 5.75 Å². The summed E-state index contributed by atoms with van der Waals surface area (Å²) >= 11 is 0. The Morgan fingerprint density at radius 1 is 1.43 bits per heavy atom. The number of para-hydroxylation sites is 1. The second kappa shape index (κ2) is 5.66. The van der Waals surface area contributed by atoms with E-state index in [1.54, 1.807) is 0 Å². The van der Waals surface area contributed by atoms with Crippen LogP contribution in [0.2, 0.25) is 0 Å². The van der Waals surface area contributed by atoms with E-state index in [4.69, 9.17) is 14.2 Å². The first-order chi connectivity index (χ1) is 10.1. The zero-order chi connectivity index (χ0) is 14.9. The largest absolute Gasteiger partial charge is 0.491 e. The van der Waals surface area contributed by atoms with E-state index in [1.165, 1.54) is 0 Å². The molecule has 114 valence electrons. The summed E-state index contributed by atoms with van der Waals surface area (Å²) in [7, 11) is 0. The van der Waals surface area contributed by atoms with Crippen LogP contribution < -0.4 is 10.1 Å². The minimum absolute atomic E-state index is 0.0236. The van der Waals surface area contributed by atoms with Crippen LogP contribution in [-0.2, 0) is 14.3 Å². The summed E-state index contributed by atoms with van der Waals surface area (Å²) in [6.07, 6.45) is 0.566. The van der Waals surface area contributed by atoms with Crippen molar-refractivity contribution in [3.05, 3.63) is 29.8 Å². The Morgan fingerprint density at radius 2 is 2.24 bits per heavy atom. The Labute approximate surface area is 124 Å². The number of carbonyl (C=O) groups excluding carboxylic acids is 1. The molecular formula is C16H21NO4. The maximum atomic E-state index is 12.7. The molecule has 5 nitrogen and oxygen atoms in total. The van der Waals surface area contributed by atoms with Gasteiger partial charge in [-0.25, -0.2) is 0 Å². The number of hydrogen-bond donors (Lipinski definition) is 1. The fourth-order valence-electron chi connectivity index (χ4n) is 2.89. The van der Waals surface area contributed by atoms with Crippen molar-refractivity contribution in [3.63, 3.8) is 0 Å². The van der Waals surface area contributed by atoms with E-state index in [1.807, 2.05) is 38.1 Å². The Bertz CT molecular complexity index is 523. The van der Waals surface area contributed by atoms with Crippen molar-refractivity contribution in [2.75, 3.05) is 19.8 Å². The highest BCUT2D eigenvalue weighted by Crippen LogP contribution is 2.33. The van der Waals surface area contributed by atoms with Crippen LogP contribution in [0.4, 0.5) is 0 Å². The lowest BCUT2D eigenvalue weighted by Crippen LogP contribution is -2.51. The summed E-state index contributed by atoms with van der Waals surface area (Å²) in [6, 6.07) is 7.65. The van der Waals surface area contributed by atoms with Gasteiger partial charge in [-0.1, -0.05) is 18.2 Å². The van der Waals surface area contributed by atoms with E-state index in [9.17, 15) is 4.79 Å². The van der Waals surface area contributed by atoms with Crippen molar-refractivity contribution in [2.45, 2.75) is 38.0 Å². The van der Waals surface area contributed by atoms with Crippen molar-refractivity contribution < 1.29 is 19.0 Å². The van der Waals surface area contributed by atoms with E-state index in [0.717, 1.165) is 11.3 Å². The standard InChI is InChI=1S/C16H21NO4/c1-11(2)21-16(7-8-19-10-16)15(18)17-13-9-20-14-6-4-3-5-12(13)14/h3-6,11,13H,7-10H2,1-2H3,(H,17,18)/t13-,16+/m1/s1. The topological polar surface area (TPSA) is 56.8 Å². The van der Waals surface area contributed by atoms with Gasteiger partial charge in [-0.2, -0.15) is 0 Å². The molecule has 3 rings (SSSR count). The predicted octanol–water partition coefficient (Wildman–Crippen LogP) is 1.82. The van der Waals surface area contributed by atoms with Gasteiger partial charge in [-0.15, -0.1) is 0 Å². The minimum atomic E-state index is -0.869. The molecule has 1 aromatic rings.